The molecule has 1 aliphatic rings. The summed E-state index contributed by atoms with van der Waals surface area (Å²) in [6.45, 7) is 7.35. The van der Waals surface area contributed by atoms with E-state index in [4.69, 9.17) is 0 Å². The van der Waals surface area contributed by atoms with Crippen molar-refractivity contribution in [2.24, 2.45) is 5.92 Å². The normalized spacial score (nSPS) is 19.1. The van der Waals surface area contributed by atoms with Gasteiger partial charge in [0.05, 0.1) is 12.4 Å². The molecule has 6 nitrogen and oxygen atoms in total. The Morgan fingerprint density at radius 3 is 2.31 bits per heavy atom. The van der Waals surface area contributed by atoms with Crippen LogP contribution in [0.3, 0.4) is 0 Å². The summed E-state index contributed by atoms with van der Waals surface area (Å²) >= 11 is 0. The molecule has 29 heavy (non-hydrogen) atoms. The van der Waals surface area contributed by atoms with Crippen LogP contribution >= 0.6 is 0 Å². The van der Waals surface area contributed by atoms with Gasteiger partial charge in [0.15, 0.2) is 17.4 Å². The Morgan fingerprint density at radius 1 is 1.17 bits per heavy atom. The quantitative estimate of drug-likeness (QED) is 0.784. The minimum Gasteiger partial charge on any atom is -0.354 e. The number of nitrogens with one attached hydrogen (secondary N) is 1. The van der Waals surface area contributed by atoms with Crippen LogP contribution in [0.2, 0.25) is 0 Å². The summed E-state index contributed by atoms with van der Waals surface area (Å²) in [7, 11) is 0. The smallest absolute Gasteiger partial charge is 0.220 e. The third kappa shape index (κ3) is 4.39. The SMILES string of the molecule is Cc1cc(-c2ncc(F)cn2)cc(C)c1C1C(=O)CC(CC(=O)NC(C)C)C1=O. The number of carbonyl (C=O) groups excluding carboxylic acids is 3. The van der Waals surface area contributed by atoms with E-state index in [9.17, 15) is 18.8 Å². The van der Waals surface area contributed by atoms with Gasteiger partial charge in [-0.3, -0.25) is 14.4 Å². The average Bonchev–Trinajstić information content (AvgIpc) is 2.88. The van der Waals surface area contributed by atoms with Gasteiger partial charge in [-0.05, 0) is 56.5 Å². The predicted molar refractivity (Wildman–Crippen MR) is 106 cm³/mol. The fourth-order valence-electron chi connectivity index (χ4n) is 3.96. The summed E-state index contributed by atoms with van der Waals surface area (Å²) in [6, 6.07) is 3.58. The van der Waals surface area contributed by atoms with E-state index < -0.39 is 17.7 Å². The molecule has 0 saturated heterocycles. The van der Waals surface area contributed by atoms with Crippen molar-refractivity contribution >= 4 is 17.5 Å². The zero-order valence-corrected chi connectivity index (χ0v) is 17.0. The van der Waals surface area contributed by atoms with Gasteiger partial charge in [0, 0.05) is 30.4 Å². The molecule has 3 rings (SSSR count). The molecular weight excluding hydrogens is 373 g/mol. The van der Waals surface area contributed by atoms with Crippen LogP contribution in [0.5, 0.6) is 0 Å². The number of hydrogen-bond donors (Lipinski definition) is 1. The number of aromatic nitrogens is 2. The molecule has 1 heterocycles. The number of benzene rings is 1. The van der Waals surface area contributed by atoms with Crippen molar-refractivity contribution in [3.05, 3.63) is 47.0 Å². The maximum Gasteiger partial charge on any atom is 0.220 e. The standard InChI is InChI=1S/C22H24FN3O3/c1-11(2)26-18(28)8-14-7-17(27)20(21(14)29)19-12(3)5-15(6-13(19)4)22-24-9-16(23)10-25-22/h5-6,9-11,14,20H,7-8H2,1-4H3,(H,26,28). The maximum absolute atomic E-state index is 13.1. The monoisotopic (exact) mass is 397 g/mol. The molecule has 1 N–H and O–H groups in total. The number of Topliss-reactive ketones (excluding diaryl/α,β-unsaturated/α-hetero) is 2. The van der Waals surface area contributed by atoms with E-state index in [0.717, 1.165) is 23.5 Å². The summed E-state index contributed by atoms with van der Waals surface area (Å²) in [5.41, 5.74) is 2.91. The predicted octanol–water partition coefficient (Wildman–Crippen LogP) is 3.06. The zero-order chi connectivity index (χ0) is 21.3. The van der Waals surface area contributed by atoms with Crippen molar-refractivity contribution in [1.82, 2.24) is 15.3 Å². The van der Waals surface area contributed by atoms with Crippen LogP contribution in [0.25, 0.3) is 11.4 Å². The second-order valence-electron chi connectivity index (χ2n) is 7.88. The highest BCUT2D eigenvalue weighted by molar-refractivity contribution is 6.15. The highest BCUT2D eigenvalue weighted by atomic mass is 19.1. The lowest BCUT2D eigenvalue weighted by atomic mass is 9.86. The molecule has 2 atom stereocenters. The Morgan fingerprint density at radius 2 is 1.76 bits per heavy atom. The van der Waals surface area contributed by atoms with E-state index >= 15 is 0 Å². The molecule has 2 unspecified atom stereocenters. The minimum atomic E-state index is -0.852. The van der Waals surface area contributed by atoms with Crippen molar-refractivity contribution in [3.8, 4) is 11.4 Å². The maximum atomic E-state index is 13.1. The first-order valence-electron chi connectivity index (χ1n) is 9.62. The van der Waals surface area contributed by atoms with E-state index in [1.165, 1.54) is 0 Å². The third-order valence-electron chi connectivity index (χ3n) is 5.10. The molecule has 1 aromatic carbocycles. The molecule has 0 bridgehead atoms. The molecule has 1 aromatic heterocycles. The summed E-state index contributed by atoms with van der Waals surface area (Å²) in [6.07, 6.45) is 2.30. The number of rotatable bonds is 5. The van der Waals surface area contributed by atoms with Gasteiger partial charge in [-0.2, -0.15) is 0 Å². The van der Waals surface area contributed by atoms with E-state index in [1.54, 1.807) is 12.1 Å². The number of carbonyl (C=O) groups is 3. The highest BCUT2D eigenvalue weighted by Crippen LogP contribution is 2.38. The third-order valence-corrected chi connectivity index (χ3v) is 5.10. The number of hydrogen-bond acceptors (Lipinski definition) is 5. The topological polar surface area (TPSA) is 89.0 Å². The van der Waals surface area contributed by atoms with Crippen LogP contribution in [0, 0.1) is 25.6 Å². The van der Waals surface area contributed by atoms with Crippen LogP contribution in [-0.2, 0) is 14.4 Å². The molecule has 0 radical (unpaired) electrons. The molecule has 1 saturated carbocycles. The average molecular weight is 397 g/mol. The lowest BCUT2D eigenvalue weighted by Gasteiger charge is -2.17. The molecule has 1 amide bonds. The van der Waals surface area contributed by atoms with Crippen molar-refractivity contribution in [2.45, 2.75) is 52.5 Å². The molecule has 0 aliphatic heterocycles. The number of aryl methyl sites for hydroxylation is 2. The van der Waals surface area contributed by atoms with Crippen molar-refractivity contribution in [3.63, 3.8) is 0 Å². The lowest BCUT2D eigenvalue weighted by molar-refractivity contribution is -0.128. The first-order chi connectivity index (χ1) is 13.7. The lowest BCUT2D eigenvalue weighted by Crippen LogP contribution is -2.32. The number of nitrogens with zero attached hydrogens (tertiary/aromatic N) is 2. The molecule has 1 aliphatic carbocycles. The fourth-order valence-corrected chi connectivity index (χ4v) is 3.96. The number of amides is 1. The fraction of sp³-hybridized carbons (Fsp3) is 0.409. The largest absolute Gasteiger partial charge is 0.354 e. The van der Waals surface area contributed by atoms with Crippen LogP contribution in [0.15, 0.2) is 24.5 Å². The van der Waals surface area contributed by atoms with Crippen molar-refractivity contribution in [2.75, 3.05) is 0 Å². The van der Waals surface area contributed by atoms with Gasteiger partial charge in [0.25, 0.3) is 0 Å². The van der Waals surface area contributed by atoms with Crippen molar-refractivity contribution < 1.29 is 18.8 Å². The molecule has 1 fully saturated rings. The molecular formula is C22H24FN3O3. The van der Waals surface area contributed by atoms with E-state index in [2.05, 4.69) is 15.3 Å². The highest BCUT2D eigenvalue weighted by Gasteiger charge is 2.43. The van der Waals surface area contributed by atoms with Crippen LogP contribution in [0.1, 0.15) is 49.3 Å². The van der Waals surface area contributed by atoms with E-state index in [0.29, 0.717) is 17.0 Å². The Labute approximate surface area is 169 Å². The van der Waals surface area contributed by atoms with Gasteiger partial charge in [-0.1, -0.05) is 0 Å². The molecule has 7 heteroatoms. The Bertz CT molecular complexity index is 947. The van der Waals surface area contributed by atoms with Gasteiger partial charge < -0.3 is 5.32 Å². The van der Waals surface area contributed by atoms with Crippen molar-refractivity contribution in [1.29, 1.82) is 0 Å². The minimum absolute atomic E-state index is 0.0174. The van der Waals surface area contributed by atoms with Crippen LogP contribution < -0.4 is 5.32 Å². The zero-order valence-electron chi connectivity index (χ0n) is 17.0. The second kappa shape index (κ2) is 8.19. The summed E-state index contributed by atoms with van der Waals surface area (Å²) in [5.74, 6) is -2.17. The Kier molecular flexibility index (Phi) is 5.86. The summed E-state index contributed by atoms with van der Waals surface area (Å²) < 4.78 is 13.1. The molecule has 152 valence electrons. The molecule has 0 spiro atoms. The van der Waals surface area contributed by atoms with Crippen LogP contribution in [-0.4, -0.2) is 33.5 Å². The van der Waals surface area contributed by atoms with E-state index in [1.807, 2.05) is 27.7 Å². The summed E-state index contributed by atoms with van der Waals surface area (Å²) in [4.78, 5) is 45.7. The van der Waals surface area contributed by atoms with Gasteiger partial charge >= 0.3 is 0 Å². The number of ketones is 2. The Hall–Kier alpha value is -2.96. The second-order valence-corrected chi connectivity index (χ2v) is 7.88. The van der Waals surface area contributed by atoms with Crippen LogP contribution in [0.4, 0.5) is 4.39 Å². The van der Waals surface area contributed by atoms with Gasteiger partial charge in [0.1, 0.15) is 11.7 Å². The first-order valence-corrected chi connectivity index (χ1v) is 9.62. The van der Waals surface area contributed by atoms with E-state index in [-0.39, 0.29) is 36.4 Å². The number of halogens is 1. The van der Waals surface area contributed by atoms with Gasteiger partial charge in [-0.15, -0.1) is 0 Å². The summed E-state index contributed by atoms with van der Waals surface area (Å²) in [5, 5.41) is 2.77. The first kappa shape index (κ1) is 20.8. The molecule has 2 aromatic rings. The van der Waals surface area contributed by atoms with Gasteiger partial charge in [0.2, 0.25) is 5.91 Å². The Balaban J connectivity index is 1.88. The van der Waals surface area contributed by atoms with Gasteiger partial charge in [-0.25, -0.2) is 14.4 Å².